The maximum absolute atomic E-state index is 2.61. The average molecular weight is 725 g/mol. The molecule has 0 radical (unpaired) electrons. The Balaban J connectivity index is 0.794. The monoisotopic (exact) mass is 724 g/mol. The molecule has 276 valence electrons. The summed E-state index contributed by atoms with van der Waals surface area (Å²) >= 11 is 0. The summed E-state index contributed by atoms with van der Waals surface area (Å²) in [5, 5.41) is 8.35. The molecule has 8 saturated carbocycles. The summed E-state index contributed by atoms with van der Waals surface area (Å²) in [7, 11) is 0. The van der Waals surface area contributed by atoms with Gasteiger partial charge in [-0.2, -0.15) is 0 Å². The molecule has 8 aliphatic rings. The van der Waals surface area contributed by atoms with Gasteiger partial charge in [-0.05, 0) is 194 Å². The standard InChI is InChI=1S/C56H52/c1-2-7-46-25-49(21-15-41(46)5-1)55-31-37-23-38(32-55)28-53(27-37,35-55)47-17-11-42(12-18-47)43-13-19-48(20-14-43)54-29-39-24-40(30-54)34-56(33-39,36-54)50-22-16-45-10-9-44-6-3-4-8-51(44)52(45)26-50/h1-22,25-26,37-40H,23-24,27-36H2/t37-,38+,39-,40+,53?,54?,55?,56?. The number of fused-ring (bicyclic) bond motifs is 4. The Morgan fingerprint density at radius 3 is 1.21 bits per heavy atom. The number of benzene rings is 7. The van der Waals surface area contributed by atoms with Crippen LogP contribution in [-0.4, -0.2) is 0 Å². The molecule has 0 aliphatic heterocycles. The summed E-state index contributed by atoms with van der Waals surface area (Å²) in [6, 6.07) is 57.6. The van der Waals surface area contributed by atoms with Crippen LogP contribution in [0, 0.1) is 23.7 Å². The topological polar surface area (TPSA) is 0 Å². The van der Waals surface area contributed by atoms with Crippen molar-refractivity contribution in [3.05, 3.63) is 168 Å². The predicted molar refractivity (Wildman–Crippen MR) is 233 cm³/mol. The molecule has 0 aromatic heterocycles. The zero-order chi connectivity index (χ0) is 36.7. The molecule has 8 fully saturated rings. The summed E-state index contributed by atoms with van der Waals surface area (Å²) in [5.74, 6) is 3.41. The van der Waals surface area contributed by atoms with E-state index in [0.717, 1.165) is 23.7 Å². The zero-order valence-electron chi connectivity index (χ0n) is 32.7. The van der Waals surface area contributed by atoms with Crippen molar-refractivity contribution in [1.82, 2.24) is 0 Å². The van der Waals surface area contributed by atoms with Crippen LogP contribution in [0.3, 0.4) is 0 Å². The Labute approximate surface area is 332 Å². The lowest BCUT2D eigenvalue weighted by atomic mass is 9.41. The van der Waals surface area contributed by atoms with Gasteiger partial charge in [-0.15, -0.1) is 0 Å². The van der Waals surface area contributed by atoms with E-state index in [9.17, 15) is 0 Å². The molecule has 0 amide bonds. The summed E-state index contributed by atoms with van der Waals surface area (Å²) in [4.78, 5) is 0. The zero-order valence-corrected chi connectivity index (χ0v) is 32.7. The van der Waals surface area contributed by atoms with Crippen LogP contribution in [-0.2, 0) is 21.7 Å². The highest BCUT2D eigenvalue weighted by Crippen LogP contribution is 2.68. The highest BCUT2D eigenvalue weighted by Gasteiger charge is 2.60. The Morgan fingerprint density at radius 2 is 0.679 bits per heavy atom. The largest absolute Gasteiger partial charge is 0.0616 e. The number of hydrogen-bond donors (Lipinski definition) is 0. The maximum Gasteiger partial charge on any atom is -0.00330 e. The van der Waals surface area contributed by atoms with E-state index in [2.05, 4.69) is 146 Å². The van der Waals surface area contributed by atoms with E-state index in [1.54, 1.807) is 22.3 Å². The van der Waals surface area contributed by atoms with E-state index >= 15 is 0 Å². The van der Waals surface area contributed by atoms with Gasteiger partial charge in [0.15, 0.2) is 0 Å². The summed E-state index contributed by atoms with van der Waals surface area (Å²) in [6.45, 7) is 0. The summed E-state index contributed by atoms with van der Waals surface area (Å²) in [6.07, 6.45) is 16.6. The molecule has 0 N–H and O–H groups in total. The van der Waals surface area contributed by atoms with Gasteiger partial charge >= 0.3 is 0 Å². The Kier molecular flexibility index (Phi) is 6.64. The lowest BCUT2D eigenvalue weighted by molar-refractivity contribution is -0.0282. The van der Waals surface area contributed by atoms with E-state index in [-0.39, 0.29) is 0 Å². The molecular formula is C56H52. The van der Waals surface area contributed by atoms with Crippen LogP contribution in [0.25, 0.3) is 43.4 Å². The fourth-order valence-corrected chi connectivity index (χ4v) is 15.8. The molecule has 7 aromatic carbocycles. The van der Waals surface area contributed by atoms with Gasteiger partial charge in [-0.3, -0.25) is 0 Å². The van der Waals surface area contributed by atoms with Crippen molar-refractivity contribution in [1.29, 1.82) is 0 Å². The molecule has 8 aliphatic carbocycles. The maximum atomic E-state index is 2.61. The Bertz CT molecular complexity index is 2670. The molecule has 7 aromatic rings. The molecular weight excluding hydrogens is 673 g/mol. The van der Waals surface area contributed by atoms with E-state index in [1.165, 1.54) is 120 Å². The van der Waals surface area contributed by atoms with Gasteiger partial charge in [0.2, 0.25) is 0 Å². The molecule has 0 saturated heterocycles. The second-order valence-electron chi connectivity index (χ2n) is 20.5. The van der Waals surface area contributed by atoms with Crippen molar-refractivity contribution in [2.24, 2.45) is 23.7 Å². The predicted octanol–water partition coefficient (Wildman–Crippen LogP) is 14.4. The normalized spacial score (nSPS) is 33.9. The lowest BCUT2D eigenvalue weighted by Crippen LogP contribution is -2.55. The minimum absolute atomic E-state index is 0.299. The minimum atomic E-state index is 0.299. The van der Waals surface area contributed by atoms with Crippen LogP contribution < -0.4 is 0 Å². The second-order valence-corrected chi connectivity index (χ2v) is 20.5. The van der Waals surface area contributed by atoms with E-state index in [0.29, 0.717) is 21.7 Å². The first kappa shape index (κ1) is 32.4. The van der Waals surface area contributed by atoms with Gasteiger partial charge in [-0.25, -0.2) is 0 Å². The number of hydrogen-bond acceptors (Lipinski definition) is 0. The first-order valence-electron chi connectivity index (χ1n) is 22.1. The van der Waals surface area contributed by atoms with Crippen molar-refractivity contribution in [3.8, 4) is 11.1 Å². The quantitative estimate of drug-likeness (QED) is 0.155. The third-order valence-corrected chi connectivity index (χ3v) is 17.2. The van der Waals surface area contributed by atoms with Crippen molar-refractivity contribution < 1.29 is 0 Å². The van der Waals surface area contributed by atoms with E-state index in [1.807, 2.05) is 0 Å². The van der Waals surface area contributed by atoms with Gasteiger partial charge in [-0.1, -0.05) is 140 Å². The Morgan fingerprint density at radius 1 is 0.304 bits per heavy atom. The lowest BCUT2D eigenvalue weighted by Gasteiger charge is -2.63. The summed E-state index contributed by atoms with van der Waals surface area (Å²) in [5.41, 5.74) is 10.5. The van der Waals surface area contributed by atoms with E-state index in [4.69, 9.17) is 0 Å². The van der Waals surface area contributed by atoms with Crippen LogP contribution >= 0.6 is 0 Å². The SMILES string of the molecule is c1ccc2cc(C34C[C@@H]5C[C@@H](CC(c6ccc(-c7ccc(C89C[C@H]%10C[C@@H](C8)CC(c8ccc%11ccc%12ccccc%12c%11c8)(C%10)C9)cc7)cc6)(C5)C3)C4)ccc2c1. The first-order valence-corrected chi connectivity index (χ1v) is 22.1. The van der Waals surface area contributed by atoms with Gasteiger partial charge in [0.25, 0.3) is 0 Å². The molecule has 8 atom stereocenters. The molecule has 15 rings (SSSR count). The fourth-order valence-electron chi connectivity index (χ4n) is 15.8. The molecule has 8 bridgehead atoms. The third-order valence-electron chi connectivity index (χ3n) is 17.2. The van der Waals surface area contributed by atoms with Gasteiger partial charge in [0.1, 0.15) is 0 Å². The molecule has 56 heavy (non-hydrogen) atoms. The number of rotatable bonds is 5. The molecule has 0 heterocycles. The summed E-state index contributed by atoms with van der Waals surface area (Å²) < 4.78 is 0. The van der Waals surface area contributed by atoms with E-state index < -0.39 is 0 Å². The van der Waals surface area contributed by atoms with Crippen LogP contribution in [0.1, 0.15) is 99.3 Å². The van der Waals surface area contributed by atoms with Crippen LogP contribution in [0.2, 0.25) is 0 Å². The molecule has 4 unspecified atom stereocenters. The van der Waals surface area contributed by atoms with Gasteiger partial charge in [0, 0.05) is 0 Å². The highest BCUT2D eigenvalue weighted by atomic mass is 14.6. The van der Waals surface area contributed by atoms with Gasteiger partial charge < -0.3 is 0 Å². The van der Waals surface area contributed by atoms with Crippen molar-refractivity contribution >= 4 is 32.3 Å². The fraction of sp³-hybridized carbons (Fsp3) is 0.357. The minimum Gasteiger partial charge on any atom is -0.0616 e. The van der Waals surface area contributed by atoms with Crippen LogP contribution in [0.15, 0.2) is 146 Å². The van der Waals surface area contributed by atoms with Gasteiger partial charge in [0.05, 0.1) is 0 Å². The molecule has 0 nitrogen and oxygen atoms in total. The van der Waals surface area contributed by atoms with Crippen molar-refractivity contribution in [3.63, 3.8) is 0 Å². The van der Waals surface area contributed by atoms with Crippen molar-refractivity contribution in [2.45, 2.75) is 98.7 Å². The van der Waals surface area contributed by atoms with Crippen LogP contribution in [0.4, 0.5) is 0 Å². The smallest absolute Gasteiger partial charge is 0.00330 e. The molecule has 0 heteroatoms. The molecule has 0 spiro atoms. The third kappa shape index (κ3) is 4.71. The second kappa shape index (κ2) is 11.5. The Hall–Kier alpha value is -4.68. The van der Waals surface area contributed by atoms with Crippen LogP contribution in [0.5, 0.6) is 0 Å². The first-order chi connectivity index (χ1) is 27.4. The average Bonchev–Trinajstić information content (AvgIpc) is 3.22. The highest BCUT2D eigenvalue weighted by molar-refractivity contribution is 6.07. The van der Waals surface area contributed by atoms with Crippen molar-refractivity contribution in [2.75, 3.05) is 0 Å².